The maximum atomic E-state index is 12.7. The molecule has 0 saturated carbocycles. The lowest BCUT2D eigenvalue weighted by Crippen LogP contribution is -2.26. The van der Waals surface area contributed by atoms with Gasteiger partial charge >= 0.3 is 6.18 Å². The van der Waals surface area contributed by atoms with Crippen molar-refractivity contribution < 1.29 is 13.2 Å². The van der Waals surface area contributed by atoms with Crippen LogP contribution in [0.3, 0.4) is 0 Å². The SMILES string of the molecule is Nc1ccc2c(c1)CCCN2c1ncc(C(F)(F)F)cc1Cl. The Hall–Kier alpha value is -1.95. The molecular weight excluding hydrogens is 315 g/mol. The van der Waals surface area contributed by atoms with Gasteiger partial charge in [0.05, 0.1) is 10.6 Å². The molecule has 0 radical (unpaired) electrons. The lowest BCUT2D eigenvalue weighted by Gasteiger charge is -2.31. The molecule has 0 unspecified atom stereocenters. The van der Waals surface area contributed by atoms with Crippen LogP contribution in [0.2, 0.25) is 5.02 Å². The molecule has 0 fully saturated rings. The summed E-state index contributed by atoms with van der Waals surface area (Å²) >= 11 is 6.04. The van der Waals surface area contributed by atoms with Crippen molar-refractivity contribution in [2.24, 2.45) is 0 Å². The number of hydrogen-bond acceptors (Lipinski definition) is 3. The fourth-order valence-electron chi connectivity index (χ4n) is 2.62. The number of fused-ring (bicyclic) bond motifs is 1. The van der Waals surface area contributed by atoms with E-state index in [1.807, 2.05) is 17.0 Å². The Balaban J connectivity index is 2.03. The van der Waals surface area contributed by atoms with E-state index in [-0.39, 0.29) is 5.02 Å². The van der Waals surface area contributed by atoms with Gasteiger partial charge in [-0.05, 0) is 42.7 Å². The molecular formula is C15H13ClF3N3. The van der Waals surface area contributed by atoms with Gasteiger partial charge in [0.2, 0.25) is 0 Å². The number of anilines is 3. The van der Waals surface area contributed by atoms with Gasteiger partial charge in [-0.25, -0.2) is 4.98 Å². The molecule has 1 aromatic carbocycles. The van der Waals surface area contributed by atoms with Crippen LogP contribution in [0.15, 0.2) is 30.5 Å². The summed E-state index contributed by atoms with van der Waals surface area (Å²) in [4.78, 5) is 5.77. The van der Waals surface area contributed by atoms with E-state index in [2.05, 4.69) is 4.98 Å². The van der Waals surface area contributed by atoms with E-state index in [0.717, 1.165) is 36.4 Å². The number of aryl methyl sites for hydroxylation is 1. The lowest BCUT2D eigenvalue weighted by atomic mass is 10.0. The fraction of sp³-hybridized carbons (Fsp3) is 0.267. The first-order valence-electron chi connectivity index (χ1n) is 6.75. The Labute approximate surface area is 130 Å². The first kappa shape index (κ1) is 15.0. The van der Waals surface area contributed by atoms with Crippen LogP contribution in [0.25, 0.3) is 0 Å². The summed E-state index contributed by atoms with van der Waals surface area (Å²) in [5.74, 6) is 0.334. The third kappa shape index (κ3) is 2.70. The molecule has 22 heavy (non-hydrogen) atoms. The molecule has 0 spiro atoms. The highest BCUT2D eigenvalue weighted by molar-refractivity contribution is 6.33. The molecule has 2 N–H and O–H groups in total. The van der Waals surface area contributed by atoms with Crippen LogP contribution in [-0.2, 0) is 12.6 Å². The molecule has 3 rings (SSSR count). The van der Waals surface area contributed by atoms with E-state index in [0.29, 0.717) is 18.1 Å². The number of aromatic nitrogens is 1. The number of rotatable bonds is 1. The maximum Gasteiger partial charge on any atom is 0.417 e. The second kappa shape index (κ2) is 5.35. The average Bonchev–Trinajstić information content (AvgIpc) is 2.45. The molecule has 0 bridgehead atoms. The summed E-state index contributed by atoms with van der Waals surface area (Å²) in [7, 11) is 0. The van der Waals surface area contributed by atoms with Gasteiger partial charge in [0.15, 0.2) is 5.82 Å². The van der Waals surface area contributed by atoms with Crippen molar-refractivity contribution in [1.82, 2.24) is 4.98 Å². The van der Waals surface area contributed by atoms with Crippen LogP contribution in [0, 0.1) is 0 Å². The zero-order valence-electron chi connectivity index (χ0n) is 11.5. The normalized spacial score (nSPS) is 14.8. The van der Waals surface area contributed by atoms with Crippen LogP contribution < -0.4 is 10.6 Å². The zero-order chi connectivity index (χ0) is 15.9. The van der Waals surface area contributed by atoms with Crippen LogP contribution in [0.4, 0.5) is 30.4 Å². The Morgan fingerprint density at radius 3 is 2.68 bits per heavy atom. The summed E-state index contributed by atoms with van der Waals surface area (Å²) in [5.41, 5.74) is 7.52. The predicted octanol–water partition coefficient (Wildman–Crippen LogP) is 4.42. The van der Waals surface area contributed by atoms with Crippen LogP contribution >= 0.6 is 11.6 Å². The average molecular weight is 328 g/mol. The summed E-state index contributed by atoms with van der Waals surface area (Å²) in [6, 6.07) is 6.39. The zero-order valence-corrected chi connectivity index (χ0v) is 12.2. The second-order valence-corrected chi connectivity index (χ2v) is 5.58. The summed E-state index contributed by atoms with van der Waals surface area (Å²) < 4.78 is 38.1. The Morgan fingerprint density at radius 1 is 1.23 bits per heavy atom. The molecule has 3 nitrogen and oxygen atoms in total. The van der Waals surface area contributed by atoms with Gasteiger partial charge in [0.25, 0.3) is 0 Å². The number of hydrogen-bond donors (Lipinski definition) is 1. The molecule has 0 atom stereocenters. The molecule has 1 aliphatic rings. The number of halogens is 4. The van der Waals surface area contributed by atoms with Gasteiger partial charge in [-0.3, -0.25) is 0 Å². The molecule has 2 heterocycles. The summed E-state index contributed by atoms with van der Waals surface area (Å²) in [6.45, 7) is 0.648. The van der Waals surface area contributed by atoms with Crippen LogP contribution in [-0.4, -0.2) is 11.5 Å². The van der Waals surface area contributed by atoms with E-state index in [1.54, 1.807) is 6.07 Å². The van der Waals surface area contributed by atoms with Gasteiger partial charge in [-0.1, -0.05) is 11.6 Å². The highest BCUT2D eigenvalue weighted by Gasteiger charge is 2.32. The fourth-order valence-corrected chi connectivity index (χ4v) is 2.89. The first-order chi connectivity index (χ1) is 10.4. The van der Waals surface area contributed by atoms with Gasteiger partial charge in [-0.15, -0.1) is 0 Å². The second-order valence-electron chi connectivity index (χ2n) is 5.17. The highest BCUT2D eigenvalue weighted by atomic mass is 35.5. The van der Waals surface area contributed by atoms with E-state index in [4.69, 9.17) is 17.3 Å². The third-order valence-electron chi connectivity index (χ3n) is 3.63. The quantitative estimate of drug-likeness (QED) is 0.788. The minimum Gasteiger partial charge on any atom is -0.399 e. The van der Waals surface area contributed by atoms with Crippen molar-refractivity contribution in [3.8, 4) is 0 Å². The molecule has 1 aliphatic heterocycles. The number of benzene rings is 1. The predicted molar refractivity (Wildman–Crippen MR) is 80.4 cm³/mol. The smallest absolute Gasteiger partial charge is 0.399 e. The molecule has 2 aromatic rings. The van der Waals surface area contributed by atoms with Crippen LogP contribution in [0.1, 0.15) is 17.5 Å². The molecule has 0 saturated heterocycles. The number of nitrogens with zero attached hydrogens (tertiary/aromatic N) is 2. The topological polar surface area (TPSA) is 42.1 Å². The van der Waals surface area contributed by atoms with Gasteiger partial charge in [0.1, 0.15) is 0 Å². The van der Waals surface area contributed by atoms with Crippen molar-refractivity contribution in [3.05, 3.63) is 46.6 Å². The lowest BCUT2D eigenvalue weighted by molar-refractivity contribution is -0.137. The van der Waals surface area contributed by atoms with Crippen molar-refractivity contribution in [1.29, 1.82) is 0 Å². The minimum absolute atomic E-state index is 0.0144. The van der Waals surface area contributed by atoms with Crippen LogP contribution in [0.5, 0.6) is 0 Å². The highest BCUT2D eigenvalue weighted by Crippen LogP contribution is 2.39. The number of nitrogens with two attached hydrogens (primary N) is 1. The van der Waals surface area contributed by atoms with Crippen molar-refractivity contribution in [2.45, 2.75) is 19.0 Å². The largest absolute Gasteiger partial charge is 0.417 e. The van der Waals surface area contributed by atoms with Gasteiger partial charge < -0.3 is 10.6 Å². The number of nitrogen functional groups attached to an aromatic ring is 1. The standard InChI is InChI=1S/C15H13ClF3N3/c16-12-7-10(15(17,18)19)8-21-14(12)22-5-1-2-9-6-11(20)3-4-13(9)22/h3-4,6-8H,1-2,5,20H2. The Morgan fingerprint density at radius 2 is 2.00 bits per heavy atom. The first-order valence-corrected chi connectivity index (χ1v) is 7.13. The van der Waals surface area contributed by atoms with Crippen molar-refractivity contribution >= 4 is 28.8 Å². The monoisotopic (exact) mass is 327 g/mol. The molecule has 0 amide bonds. The van der Waals surface area contributed by atoms with E-state index in [1.165, 1.54) is 0 Å². The number of alkyl halides is 3. The molecule has 1 aromatic heterocycles. The molecule has 7 heteroatoms. The van der Waals surface area contributed by atoms with Gasteiger partial charge in [0, 0.05) is 24.1 Å². The molecule has 0 aliphatic carbocycles. The van der Waals surface area contributed by atoms with Crippen molar-refractivity contribution in [3.63, 3.8) is 0 Å². The Kier molecular flexibility index (Phi) is 3.64. The number of pyridine rings is 1. The van der Waals surface area contributed by atoms with E-state index >= 15 is 0 Å². The molecule has 116 valence electrons. The summed E-state index contributed by atoms with van der Waals surface area (Å²) in [6.07, 6.45) is -1.92. The third-order valence-corrected chi connectivity index (χ3v) is 3.91. The van der Waals surface area contributed by atoms with Crippen molar-refractivity contribution in [2.75, 3.05) is 17.2 Å². The minimum atomic E-state index is -4.45. The Bertz CT molecular complexity index is 716. The van der Waals surface area contributed by atoms with E-state index in [9.17, 15) is 13.2 Å². The van der Waals surface area contributed by atoms with Gasteiger partial charge in [-0.2, -0.15) is 13.2 Å². The summed E-state index contributed by atoms with van der Waals surface area (Å²) in [5, 5.41) is -0.0144. The maximum absolute atomic E-state index is 12.7. The van der Waals surface area contributed by atoms with E-state index < -0.39 is 11.7 Å².